The highest BCUT2D eigenvalue weighted by Crippen LogP contribution is 2.28. The number of hydrogen-bond acceptors (Lipinski definition) is 3. The van der Waals surface area contributed by atoms with Crippen LogP contribution in [0.4, 0.5) is 23.2 Å². The normalized spacial score (nSPS) is 18.9. The van der Waals surface area contributed by atoms with Crippen molar-refractivity contribution in [3.63, 3.8) is 0 Å². The lowest BCUT2D eigenvalue weighted by molar-refractivity contribution is 0.459. The van der Waals surface area contributed by atoms with Crippen LogP contribution in [-0.4, -0.2) is 17.0 Å². The molecule has 0 saturated heterocycles. The van der Waals surface area contributed by atoms with Crippen molar-refractivity contribution in [3.05, 3.63) is 29.3 Å². The van der Waals surface area contributed by atoms with Gasteiger partial charge >= 0.3 is 0 Å². The van der Waals surface area contributed by atoms with Crippen molar-refractivity contribution in [1.82, 2.24) is 0 Å². The van der Waals surface area contributed by atoms with Gasteiger partial charge in [0, 0.05) is 11.8 Å². The first-order valence-electron chi connectivity index (χ1n) is 5.70. The fraction of sp³-hybridized carbons (Fsp3) is 0.417. The van der Waals surface area contributed by atoms with E-state index in [4.69, 9.17) is 0 Å². The third-order valence-electron chi connectivity index (χ3n) is 2.79. The summed E-state index contributed by atoms with van der Waals surface area (Å²) < 4.78 is 52.9. The van der Waals surface area contributed by atoms with Crippen molar-refractivity contribution in [2.75, 3.05) is 11.1 Å². The minimum Gasteiger partial charge on any atom is -0.330 e. The van der Waals surface area contributed by atoms with Crippen LogP contribution in [0, 0.1) is 29.2 Å². The molecular weight excluding hydrogens is 280 g/mol. The van der Waals surface area contributed by atoms with Crippen LogP contribution in [0.15, 0.2) is 11.1 Å². The fourth-order valence-corrected chi connectivity index (χ4v) is 2.76. The summed E-state index contributed by atoms with van der Waals surface area (Å²) in [5.41, 5.74) is -0.840. The number of hydrogen-bond donors (Lipinski definition) is 1. The second kappa shape index (κ2) is 5.40. The molecule has 7 heteroatoms. The molecule has 0 spiro atoms. The molecule has 1 atom stereocenters. The van der Waals surface area contributed by atoms with Crippen LogP contribution >= 0.6 is 11.8 Å². The SMILES string of the molecule is CC(C)C1CSC(Nc2c(F)c(F)cc(F)c2F)=N1. The van der Waals surface area contributed by atoms with E-state index >= 15 is 0 Å². The van der Waals surface area contributed by atoms with E-state index in [1.165, 1.54) is 11.8 Å². The van der Waals surface area contributed by atoms with Crippen LogP contribution < -0.4 is 5.32 Å². The number of aliphatic imine (C=N–C) groups is 1. The Hall–Kier alpha value is -1.24. The Morgan fingerprint density at radius 2 is 1.79 bits per heavy atom. The Morgan fingerprint density at radius 3 is 2.26 bits per heavy atom. The average Bonchev–Trinajstić information content (AvgIpc) is 2.81. The maximum atomic E-state index is 13.4. The first-order valence-corrected chi connectivity index (χ1v) is 6.69. The second-order valence-corrected chi connectivity index (χ2v) is 5.53. The van der Waals surface area contributed by atoms with Crippen molar-refractivity contribution in [2.45, 2.75) is 19.9 Å². The number of amidine groups is 1. The molecule has 104 valence electrons. The Morgan fingerprint density at radius 1 is 1.21 bits per heavy atom. The molecule has 1 aromatic rings. The van der Waals surface area contributed by atoms with Gasteiger partial charge in [0.1, 0.15) is 5.69 Å². The van der Waals surface area contributed by atoms with Gasteiger partial charge in [0.25, 0.3) is 0 Å². The monoisotopic (exact) mass is 292 g/mol. The molecule has 19 heavy (non-hydrogen) atoms. The van der Waals surface area contributed by atoms with Crippen molar-refractivity contribution >= 4 is 22.6 Å². The highest BCUT2D eigenvalue weighted by Gasteiger charge is 2.25. The lowest BCUT2D eigenvalue weighted by Gasteiger charge is -2.09. The van der Waals surface area contributed by atoms with E-state index in [2.05, 4.69) is 10.3 Å². The predicted molar refractivity (Wildman–Crippen MR) is 68.4 cm³/mol. The lowest BCUT2D eigenvalue weighted by Crippen LogP contribution is -2.13. The zero-order valence-corrected chi connectivity index (χ0v) is 11.1. The van der Waals surface area contributed by atoms with Crippen molar-refractivity contribution in [3.8, 4) is 0 Å². The number of thioether (sulfide) groups is 1. The minimum atomic E-state index is -1.45. The van der Waals surface area contributed by atoms with E-state index in [-0.39, 0.29) is 23.2 Å². The van der Waals surface area contributed by atoms with E-state index < -0.39 is 29.0 Å². The Bertz CT molecular complexity index is 505. The van der Waals surface area contributed by atoms with Gasteiger partial charge in [0.05, 0.1) is 6.04 Å². The highest BCUT2D eigenvalue weighted by molar-refractivity contribution is 8.14. The van der Waals surface area contributed by atoms with Crippen molar-refractivity contribution in [2.24, 2.45) is 10.9 Å². The molecular formula is C12H12F4N2S. The summed E-state index contributed by atoms with van der Waals surface area (Å²) in [7, 11) is 0. The summed E-state index contributed by atoms with van der Waals surface area (Å²) in [6, 6.07) is 0.202. The topological polar surface area (TPSA) is 24.4 Å². The number of nitrogens with one attached hydrogen (secondary N) is 1. The van der Waals surface area contributed by atoms with Crippen LogP contribution in [0.3, 0.4) is 0 Å². The van der Waals surface area contributed by atoms with E-state index in [1.807, 2.05) is 13.8 Å². The van der Waals surface area contributed by atoms with Crippen LogP contribution in [-0.2, 0) is 0 Å². The largest absolute Gasteiger partial charge is 0.330 e. The molecule has 0 fully saturated rings. The van der Waals surface area contributed by atoms with Gasteiger partial charge in [-0.05, 0) is 5.92 Å². The molecule has 1 aromatic carbocycles. The zero-order valence-electron chi connectivity index (χ0n) is 10.3. The number of anilines is 1. The Balaban J connectivity index is 2.28. The molecule has 2 nitrogen and oxygen atoms in total. The molecule has 0 radical (unpaired) electrons. The summed E-state index contributed by atoms with van der Waals surface area (Å²) in [5, 5.41) is 2.59. The minimum absolute atomic E-state index is 0.0250. The smallest absolute Gasteiger partial charge is 0.185 e. The molecule has 0 saturated carbocycles. The Kier molecular flexibility index (Phi) is 4.03. The van der Waals surface area contributed by atoms with Crippen molar-refractivity contribution in [1.29, 1.82) is 0 Å². The molecule has 0 aromatic heterocycles. The zero-order chi connectivity index (χ0) is 14.2. The third kappa shape index (κ3) is 2.86. The van der Waals surface area contributed by atoms with Gasteiger partial charge in [-0.3, -0.25) is 4.99 Å². The summed E-state index contributed by atoms with van der Waals surface area (Å²) >= 11 is 1.26. The third-order valence-corrected chi connectivity index (χ3v) is 3.78. The van der Waals surface area contributed by atoms with Crippen LogP contribution in [0.5, 0.6) is 0 Å². The van der Waals surface area contributed by atoms with E-state index in [9.17, 15) is 17.6 Å². The fourth-order valence-electron chi connectivity index (χ4n) is 1.59. The summed E-state index contributed by atoms with van der Waals surface area (Å²) in [5.74, 6) is -4.83. The molecule has 0 aliphatic carbocycles. The van der Waals surface area contributed by atoms with Crippen LogP contribution in [0.25, 0.3) is 0 Å². The van der Waals surface area contributed by atoms with Gasteiger partial charge in [-0.25, -0.2) is 17.6 Å². The maximum absolute atomic E-state index is 13.4. The van der Waals surface area contributed by atoms with Gasteiger partial charge in [0.15, 0.2) is 28.4 Å². The van der Waals surface area contributed by atoms with Gasteiger partial charge < -0.3 is 5.32 Å². The maximum Gasteiger partial charge on any atom is 0.185 e. The van der Waals surface area contributed by atoms with Crippen LogP contribution in [0.2, 0.25) is 0 Å². The Labute approximate surface area is 112 Å². The van der Waals surface area contributed by atoms with Gasteiger partial charge in [0.2, 0.25) is 0 Å². The van der Waals surface area contributed by atoms with E-state index in [0.29, 0.717) is 5.75 Å². The van der Waals surface area contributed by atoms with E-state index in [0.717, 1.165) is 0 Å². The van der Waals surface area contributed by atoms with Gasteiger partial charge in [-0.15, -0.1) is 0 Å². The lowest BCUT2D eigenvalue weighted by atomic mass is 10.1. The predicted octanol–water partition coefficient (Wildman–Crippen LogP) is 3.78. The second-order valence-electron chi connectivity index (χ2n) is 4.52. The highest BCUT2D eigenvalue weighted by atomic mass is 32.2. The molecule has 0 amide bonds. The van der Waals surface area contributed by atoms with Gasteiger partial charge in [-0.1, -0.05) is 25.6 Å². The molecule has 1 aliphatic rings. The quantitative estimate of drug-likeness (QED) is 0.662. The number of halogens is 4. The number of nitrogens with zero attached hydrogens (tertiary/aromatic N) is 1. The average molecular weight is 292 g/mol. The molecule has 0 bridgehead atoms. The van der Waals surface area contributed by atoms with Crippen LogP contribution in [0.1, 0.15) is 13.8 Å². The molecule has 2 rings (SSSR count). The van der Waals surface area contributed by atoms with E-state index in [1.54, 1.807) is 0 Å². The summed E-state index contributed by atoms with van der Waals surface area (Å²) in [6.07, 6.45) is 0. The first kappa shape index (κ1) is 14.2. The summed E-state index contributed by atoms with van der Waals surface area (Å²) in [6.45, 7) is 3.95. The molecule has 1 unspecified atom stereocenters. The number of benzene rings is 1. The first-order chi connectivity index (χ1) is 8.90. The molecule has 1 heterocycles. The van der Waals surface area contributed by atoms with Gasteiger partial charge in [-0.2, -0.15) is 0 Å². The molecule has 1 N–H and O–H groups in total. The standard InChI is InChI=1S/C12H12F4N2S/c1-5(2)8-4-19-12(17-8)18-11-9(15)6(13)3-7(14)10(11)16/h3,5,8H,4H2,1-2H3,(H,17,18). The molecule has 1 aliphatic heterocycles. The summed E-state index contributed by atoms with van der Waals surface area (Å²) in [4.78, 5) is 4.21. The number of rotatable bonds is 2. The van der Waals surface area contributed by atoms with Crippen molar-refractivity contribution < 1.29 is 17.6 Å².